The van der Waals surface area contributed by atoms with Gasteiger partial charge in [0.15, 0.2) is 0 Å². The number of benzene rings is 1. The van der Waals surface area contributed by atoms with E-state index in [1.807, 2.05) is 19.2 Å². The van der Waals surface area contributed by atoms with Crippen molar-refractivity contribution in [3.05, 3.63) is 35.2 Å². The molecule has 2 rings (SSSR count). The maximum atomic E-state index is 10.9. The Kier molecular flexibility index (Phi) is 4.22. The summed E-state index contributed by atoms with van der Waals surface area (Å²) in [4.78, 5) is 14.3. The first kappa shape index (κ1) is 14.0. The van der Waals surface area contributed by atoms with Crippen LogP contribution < -0.4 is 0 Å². The number of nitrogens with zero attached hydrogens (tertiary/aromatic N) is 1. The van der Waals surface area contributed by atoms with E-state index in [1.54, 1.807) is 18.3 Å². The molecular formula is C15H19NO2S. The fraction of sp³-hybridized carbons (Fsp3) is 0.400. The van der Waals surface area contributed by atoms with Gasteiger partial charge in [0.25, 0.3) is 0 Å². The van der Waals surface area contributed by atoms with E-state index in [2.05, 4.69) is 30.0 Å². The first-order valence-electron chi connectivity index (χ1n) is 6.40. The summed E-state index contributed by atoms with van der Waals surface area (Å²) in [5.74, 6) is -1.09. The zero-order valence-electron chi connectivity index (χ0n) is 11.5. The minimum absolute atomic E-state index is 0.235. The summed E-state index contributed by atoms with van der Waals surface area (Å²) in [7, 11) is 1.98. The largest absolute Gasteiger partial charge is 0.481 e. The number of fused-ring (bicyclic) bond motifs is 1. The quantitative estimate of drug-likeness (QED) is 0.907. The molecule has 0 aliphatic heterocycles. The highest BCUT2D eigenvalue weighted by Gasteiger charge is 2.19. The molecule has 2 aromatic rings. The van der Waals surface area contributed by atoms with Gasteiger partial charge in [-0.3, -0.25) is 9.69 Å². The zero-order valence-corrected chi connectivity index (χ0v) is 12.3. The molecule has 1 N–H and O–H groups in total. The third-order valence-electron chi connectivity index (χ3n) is 3.50. The summed E-state index contributed by atoms with van der Waals surface area (Å²) in [5, 5.41) is 10.2. The van der Waals surface area contributed by atoms with Crippen LogP contribution in [0.5, 0.6) is 0 Å². The van der Waals surface area contributed by atoms with Gasteiger partial charge in [-0.15, -0.1) is 11.3 Å². The van der Waals surface area contributed by atoms with Crippen molar-refractivity contribution in [3.63, 3.8) is 0 Å². The number of rotatable bonds is 5. The predicted octanol–water partition coefficient (Wildman–Crippen LogP) is 3.61. The van der Waals surface area contributed by atoms with Gasteiger partial charge in [-0.05, 0) is 31.5 Å². The second kappa shape index (κ2) is 5.72. The molecule has 2 atom stereocenters. The van der Waals surface area contributed by atoms with Gasteiger partial charge in [-0.1, -0.05) is 25.1 Å². The number of thiophene rings is 1. The maximum absolute atomic E-state index is 10.9. The lowest BCUT2D eigenvalue weighted by atomic mass is 10.1. The molecule has 4 heteroatoms. The molecule has 0 aliphatic carbocycles. The van der Waals surface area contributed by atoms with Gasteiger partial charge in [-0.25, -0.2) is 0 Å². The Morgan fingerprint density at radius 3 is 2.68 bits per heavy atom. The number of hydrogen-bond acceptors (Lipinski definition) is 3. The maximum Gasteiger partial charge on any atom is 0.307 e. The molecule has 0 saturated carbocycles. The number of carboxylic acids is 1. The van der Waals surface area contributed by atoms with Crippen LogP contribution in [0.2, 0.25) is 0 Å². The summed E-state index contributed by atoms with van der Waals surface area (Å²) in [5.41, 5.74) is 0. The molecule has 3 nitrogen and oxygen atoms in total. The summed E-state index contributed by atoms with van der Waals surface area (Å²) in [6.45, 7) is 4.43. The van der Waals surface area contributed by atoms with Crippen LogP contribution in [-0.2, 0) is 4.79 Å². The van der Waals surface area contributed by atoms with Crippen LogP contribution in [0.25, 0.3) is 10.1 Å². The van der Waals surface area contributed by atoms with Gasteiger partial charge in [0.05, 0.1) is 5.92 Å². The van der Waals surface area contributed by atoms with Crippen LogP contribution in [0.15, 0.2) is 30.3 Å². The Hall–Kier alpha value is -1.39. The second-order valence-electron chi connectivity index (χ2n) is 5.04. The summed E-state index contributed by atoms with van der Waals surface area (Å²) in [6.07, 6.45) is 0. The van der Waals surface area contributed by atoms with Crippen LogP contribution >= 0.6 is 11.3 Å². The lowest BCUT2D eigenvalue weighted by Gasteiger charge is -2.25. The molecule has 0 aliphatic rings. The molecule has 1 aromatic heterocycles. The second-order valence-corrected chi connectivity index (χ2v) is 6.16. The molecule has 0 bridgehead atoms. The molecule has 0 saturated heterocycles. The van der Waals surface area contributed by atoms with E-state index in [-0.39, 0.29) is 12.0 Å². The van der Waals surface area contributed by atoms with Gasteiger partial charge in [-0.2, -0.15) is 0 Å². The molecule has 0 spiro atoms. The Balaban J connectivity index is 2.14. The van der Waals surface area contributed by atoms with Crippen LogP contribution in [0, 0.1) is 5.92 Å². The molecule has 0 fully saturated rings. The molecule has 0 radical (unpaired) electrons. The highest BCUT2D eigenvalue weighted by atomic mass is 32.1. The summed E-state index contributed by atoms with van der Waals surface area (Å²) in [6, 6.07) is 10.8. The Morgan fingerprint density at radius 1 is 1.37 bits per heavy atom. The van der Waals surface area contributed by atoms with E-state index >= 15 is 0 Å². The van der Waals surface area contributed by atoms with E-state index < -0.39 is 5.97 Å². The number of carboxylic acid groups (broad SMARTS) is 1. The first-order chi connectivity index (χ1) is 8.99. The van der Waals surface area contributed by atoms with Gasteiger partial charge in [0.1, 0.15) is 0 Å². The lowest BCUT2D eigenvalue weighted by molar-refractivity contribution is -0.141. The van der Waals surface area contributed by atoms with Crippen LogP contribution in [-0.4, -0.2) is 29.6 Å². The average molecular weight is 277 g/mol. The fourth-order valence-electron chi connectivity index (χ4n) is 2.09. The van der Waals surface area contributed by atoms with Crippen LogP contribution in [0.3, 0.4) is 0 Å². The fourth-order valence-corrected chi connectivity index (χ4v) is 3.28. The van der Waals surface area contributed by atoms with Gasteiger partial charge < -0.3 is 5.11 Å². The molecular weight excluding hydrogens is 258 g/mol. The molecule has 1 aromatic carbocycles. The Bertz CT molecular complexity index is 545. The smallest absolute Gasteiger partial charge is 0.307 e. The number of carbonyl (C=O) groups is 1. The molecule has 0 amide bonds. The van der Waals surface area contributed by atoms with E-state index in [4.69, 9.17) is 5.11 Å². The van der Waals surface area contributed by atoms with E-state index in [1.165, 1.54) is 15.0 Å². The standard InChI is InChI=1S/C15H19NO2S/c1-10(15(17)18)9-16(3)11(2)14-8-12-6-4-5-7-13(12)19-14/h4-8,10-11H,9H2,1-3H3,(H,17,18). The zero-order chi connectivity index (χ0) is 14.0. The van der Waals surface area contributed by atoms with E-state index in [0.717, 1.165) is 0 Å². The van der Waals surface area contributed by atoms with Crippen molar-refractivity contribution < 1.29 is 9.90 Å². The topological polar surface area (TPSA) is 40.5 Å². The van der Waals surface area contributed by atoms with Gasteiger partial charge in [0, 0.05) is 22.2 Å². The van der Waals surface area contributed by atoms with Crippen molar-refractivity contribution >= 4 is 27.4 Å². The van der Waals surface area contributed by atoms with Crippen molar-refractivity contribution in [2.45, 2.75) is 19.9 Å². The normalized spacial score (nSPS) is 14.7. The van der Waals surface area contributed by atoms with Crippen molar-refractivity contribution in [2.75, 3.05) is 13.6 Å². The monoisotopic (exact) mass is 277 g/mol. The van der Waals surface area contributed by atoms with Crippen molar-refractivity contribution in [1.29, 1.82) is 0 Å². The highest BCUT2D eigenvalue weighted by molar-refractivity contribution is 7.19. The third kappa shape index (κ3) is 3.14. The van der Waals surface area contributed by atoms with E-state index in [0.29, 0.717) is 6.54 Å². The van der Waals surface area contributed by atoms with E-state index in [9.17, 15) is 4.79 Å². The summed E-state index contributed by atoms with van der Waals surface area (Å²) < 4.78 is 1.28. The third-order valence-corrected chi connectivity index (χ3v) is 4.79. The predicted molar refractivity (Wildman–Crippen MR) is 79.7 cm³/mol. The lowest BCUT2D eigenvalue weighted by Crippen LogP contribution is -2.30. The first-order valence-corrected chi connectivity index (χ1v) is 7.22. The van der Waals surface area contributed by atoms with Crippen molar-refractivity contribution in [2.24, 2.45) is 5.92 Å². The Labute approximate surface area is 117 Å². The minimum atomic E-state index is -0.740. The Morgan fingerprint density at radius 2 is 2.05 bits per heavy atom. The van der Waals surface area contributed by atoms with Gasteiger partial charge >= 0.3 is 5.97 Å². The minimum Gasteiger partial charge on any atom is -0.481 e. The number of aliphatic carboxylic acids is 1. The van der Waals surface area contributed by atoms with Crippen molar-refractivity contribution in [1.82, 2.24) is 4.90 Å². The molecule has 102 valence electrons. The number of hydrogen-bond donors (Lipinski definition) is 1. The van der Waals surface area contributed by atoms with Gasteiger partial charge in [0.2, 0.25) is 0 Å². The molecule has 2 unspecified atom stereocenters. The van der Waals surface area contributed by atoms with Crippen molar-refractivity contribution in [3.8, 4) is 0 Å². The van der Waals surface area contributed by atoms with Crippen LogP contribution in [0.1, 0.15) is 24.8 Å². The average Bonchev–Trinajstić information content (AvgIpc) is 2.81. The summed E-state index contributed by atoms with van der Waals surface area (Å²) >= 11 is 1.78. The van der Waals surface area contributed by atoms with Crippen LogP contribution in [0.4, 0.5) is 0 Å². The molecule has 19 heavy (non-hydrogen) atoms. The SMILES string of the molecule is CC(CN(C)C(C)c1cc2ccccc2s1)C(=O)O. The molecule has 1 heterocycles. The highest BCUT2D eigenvalue weighted by Crippen LogP contribution is 2.32.